The van der Waals surface area contributed by atoms with Gasteiger partial charge in [0.25, 0.3) is 0 Å². The summed E-state index contributed by atoms with van der Waals surface area (Å²) in [6, 6.07) is 6.24. The van der Waals surface area contributed by atoms with Crippen molar-refractivity contribution in [3.63, 3.8) is 0 Å². The Morgan fingerprint density at radius 2 is 2.10 bits per heavy atom. The van der Waals surface area contributed by atoms with E-state index in [-0.39, 0.29) is 17.6 Å². The number of carbonyl (C=O) groups is 1. The van der Waals surface area contributed by atoms with E-state index in [4.69, 9.17) is 10.9 Å². The molecule has 0 heterocycles. The smallest absolute Gasteiger partial charge is 0.233 e. The van der Waals surface area contributed by atoms with Crippen LogP contribution >= 0.6 is 0 Å². The number of nitrogens with one attached hydrogen (secondary N) is 1. The monoisotopic (exact) mass is 295 g/mol. The first-order valence-electron chi connectivity index (χ1n) is 7.01. The van der Waals surface area contributed by atoms with Crippen molar-refractivity contribution in [1.29, 1.82) is 0 Å². The molecule has 0 radical (unpaired) electrons. The van der Waals surface area contributed by atoms with Crippen LogP contribution in [0.4, 0.5) is 4.39 Å². The van der Waals surface area contributed by atoms with E-state index in [0.29, 0.717) is 25.8 Å². The number of hydrogen-bond acceptors (Lipinski definition) is 3. The molecule has 116 valence electrons. The number of halogens is 1. The predicted octanol–water partition coefficient (Wildman–Crippen LogP) is 2.04. The summed E-state index contributed by atoms with van der Waals surface area (Å²) in [7, 11) is 0. The summed E-state index contributed by atoms with van der Waals surface area (Å²) in [4.78, 5) is 12.3. The van der Waals surface area contributed by atoms with E-state index in [2.05, 4.69) is 10.5 Å². The number of nitrogens with two attached hydrogens (primary N) is 1. The molecule has 1 aromatic carbocycles. The van der Waals surface area contributed by atoms with Gasteiger partial charge in [-0.05, 0) is 37.0 Å². The zero-order chi connectivity index (χ0) is 15.9. The van der Waals surface area contributed by atoms with Gasteiger partial charge in [-0.25, -0.2) is 4.39 Å². The van der Waals surface area contributed by atoms with Crippen LogP contribution in [0.15, 0.2) is 29.4 Å². The van der Waals surface area contributed by atoms with Gasteiger partial charge in [0, 0.05) is 6.54 Å². The summed E-state index contributed by atoms with van der Waals surface area (Å²) in [5.41, 5.74) is 5.47. The molecule has 0 aliphatic rings. The number of carbonyl (C=O) groups excluding carboxylic acids is 1. The molecule has 6 heteroatoms. The lowest BCUT2D eigenvalue weighted by Gasteiger charge is -2.28. The third-order valence-electron chi connectivity index (χ3n) is 3.83. The van der Waals surface area contributed by atoms with Gasteiger partial charge in [-0.1, -0.05) is 31.1 Å². The maximum atomic E-state index is 13.1. The molecule has 1 aromatic rings. The van der Waals surface area contributed by atoms with Gasteiger partial charge >= 0.3 is 0 Å². The first kappa shape index (κ1) is 16.9. The fourth-order valence-electron chi connectivity index (χ4n) is 2.33. The van der Waals surface area contributed by atoms with Crippen LogP contribution in [0.2, 0.25) is 0 Å². The largest absolute Gasteiger partial charge is 0.409 e. The van der Waals surface area contributed by atoms with Crippen molar-refractivity contribution >= 4 is 11.7 Å². The maximum absolute atomic E-state index is 13.1. The first-order valence-corrected chi connectivity index (χ1v) is 7.01. The van der Waals surface area contributed by atoms with Crippen LogP contribution in [0, 0.1) is 11.2 Å². The maximum Gasteiger partial charge on any atom is 0.233 e. The molecule has 4 N–H and O–H groups in total. The molecule has 0 aliphatic carbocycles. The molecule has 1 amide bonds. The third kappa shape index (κ3) is 3.93. The van der Waals surface area contributed by atoms with Gasteiger partial charge in [-0.3, -0.25) is 4.79 Å². The molecular weight excluding hydrogens is 273 g/mol. The van der Waals surface area contributed by atoms with Gasteiger partial charge < -0.3 is 16.3 Å². The van der Waals surface area contributed by atoms with E-state index in [1.54, 1.807) is 12.1 Å². The fourth-order valence-corrected chi connectivity index (χ4v) is 2.33. The molecule has 0 aliphatic heterocycles. The third-order valence-corrected chi connectivity index (χ3v) is 3.83. The van der Waals surface area contributed by atoms with Crippen molar-refractivity contribution in [2.75, 3.05) is 6.54 Å². The number of nitrogens with zero attached hydrogens (tertiary/aromatic N) is 1. The summed E-state index contributed by atoms with van der Waals surface area (Å²) in [6.45, 7) is 3.99. The zero-order valence-electron chi connectivity index (χ0n) is 12.4. The number of oxime groups is 1. The zero-order valence-corrected chi connectivity index (χ0v) is 12.4. The van der Waals surface area contributed by atoms with E-state index in [0.717, 1.165) is 5.56 Å². The lowest BCUT2D eigenvalue weighted by molar-refractivity contribution is -0.127. The normalized spacial score (nSPS) is 12.2. The van der Waals surface area contributed by atoms with Crippen LogP contribution in [-0.2, 0) is 11.2 Å². The Morgan fingerprint density at radius 3 is 2.62 bits per heavy atom. The second-order valence-electron chi connectivity index (χ2n) is 4.91. The van der Waals surface area contributed by atoms with Gasteiger partial charge in [0.2, 0.25) is 5.91 Å². The second-order valence-corrected chi connectivity index (χ2v) is 4.91. The lowest BCUT2D eigenvalue weighted by Crippen LogP contribution is -2.49. The van der Waals surface area contributed by atoms with Crippen molar-refractivity contribution < 1.29 is 14.4 Å². The number of amides is 1. The molecule has 0 bridgehead atoms. The van der Waals surface area contributed by atoms with Crippen LogP contribution in [0.25, 0.3) is 0 Å². The topological polar surface area (TPSA) is 87.7 Å². The molecule has 1 rings (SSSR count). The SMILES string of the molecule is CCC(CC)(C(=O)NCCc1cccc(F)c1)C(N)=NO. The van der Waals surface area contributed by atoms with Crippen molar-refractivity contribution in [3.8, 4) is 0 Å². The minimum atomic E-state index is -1.00. The molecule has 0 spiro atoms. The van der Waals surface area contributed by atoms with Crippen LogP contribution in [0.3, 0.4) is 0 Å². The van der Waals surface area contributed by atoms with E-state index in [1.165, 1.54) is 12.1 Å². The van der Waals surface area contributed by atoms with Crippen LogP contribution in [0.5, 0.6) is 0 Å². The molecule has 21 heavy (non-hydrogen) atoms. The Bertz CT molecular complexity index is 513. The average Bonchev–Trinajstić information content (AvgIpc) is 2.49. The molecule has 0 atom stereocenters. The van der Waals surface area contributed by atoms with E-state index in [1.807, 2.05) is 13.8 Å². The highest BCUT2D eigenvalue weighted by Gasteiger charge is 2.39. The Labute approximate surface area is 124 Å². The highest BCUT2D eigenvalue weighted by atomic mass is 19.1. The lowest BCUT2D eigenvalue weighted by atomic mass is 9.80. The van der Waals surface area contributed by atoms with Gasteiger partial charge in [-0.2, -0.15) is 0 Å². The van der Waals surface area contributed by atoms with Crippen LogP contribution < -0.4 is 11.1 Å². The highest BCUT2D eigenvalue weighted by Crippen LogP contribution is 2.26. The van der Waals surface area contributed by atoms with Gasteiger partial charge in [-0.15, -0.1) is 0 Å². The number of rotatable bonds is 7. The first-order chi connectivity index (χ1) is 10.00. The molecule has 5 nitrogen and oxygen atoms in total. The van der Waals surface area contributed by atoms with E-state index >= 15 is 0 Å². The molecule has 0 aromatic heterocycles. The fraction of sp³-hybridized carbons (Fsp3) is 0.467. The molecule has 0 unspecified atom stereocenters. The van der Waals surface area contributed by atoms with Crippen molar-refractivity contribution in [2.45, 2.75) is 33.1 Å². The highest BCUT2D eigenvalue weighted by molar-refractivity contribution is 6.06. The Kier molecular flexibility index (Phi) is 6.14. The van der Waals surface area contributed by atoms with E-state index in [9.17, 15) is 9.18 Å². The molecule has 0 fully saturated rings. The van der Waals surface area contributed by atoms with Crippen LogP contribution in [0.1, 0.15) is 32.3 Å². The second kappa shape index (κ2) is 7.61. The number of hydrogen-bond donors (Lipinski definition) is 3. The molecule has 0 saturated carbocycles. The van der Waals surface area contributed by atoms with Gasteiger partial charge in [0.1, 0.15) is 11.2 Å². The quantitative estimate of drug-likeness (QED) is 0.311. The minimum Gasteiger partial charge on any atom is -0.409 e. The number of benzene rings is 1. The van der Waals surface area contributed by atoms with Gasteiger partial charge in [0.05, 0.1) is 0 Å². The Balaban J connectivity index is 2.67. The Morgan fingerprint density at radius 1 is 1.43 bits per heavy atom. The summed E-state index contributed by atoms with van der Waals surface area (Å²) in [6.07, 6.45) is 1.39. The number of amidine groups is 1. The summed E-state index contributed by atoms with van der Waals surface area (Å²) in [5, 5.41) is 14.6. The van der Waals surface area contributed by atoms with Crippen molar-refractivity contribution in [3.05, 3.63) is 35.6 Å². The minimum absolute atomic E-state index is 0.0873. The van der Waals surface area contributed by atoms with Crippen molar-refractivity contribution in [2.24, 2.45) is 16.3 Å². The van der Waals surface area contributed by atoms with Crippen molar-refractivity contribution in [1.82, 2.24) is 5.32 Å². The van der Waals surface area contributed by atoms with Crippen LogP contribution in [-0.4, -0.2) is 23.5 Å². The van der Waals surface area contributed by atoms with Gasteiger partial charge in [0.15, 0.2) is 5.84 Å². The average molecular weight is 295 g/mol. The summed E-state index contributed by atoms with van der Waals surface area (Å²) < 4.78 is 13.1. The standard InChI is InChI=1S/C15H22FN3O2/c1-3-15(4-2,13(17)19-21)14(20)18-9-8-11-6-5-7-12(16)10-11/h5-7,10,21H,3-4,8-9H2,1-2H3,(H2,17,19)(H,18,20). The molecule has 0 saturated heterocycles. The summed E-state index contributed by atoms with van der Waals surface area (Å²) in [5.74, 6) is -0.665. The molecular formula is C15H22FN3O2. The Hall–Kier alpha value is -2.11. The summed E-state index contributed by atoms with van der Waals surface area (Å²) >= 11 is 0. The van der Waals surface area contributed by atoms with E-state index < -0.39 is 5.41 Å². The predicted molar refractivity (Wildman–Crippen MR) is 79.5 cm³/mol.